The second-order valence-electron chi connectivity index (χ2n) is 8.23. The highest BCUT2D eigenvalue weighted by Crippen LogP contribution is 2.33. The molecule has 0 bridgehead atoms. The molecule has 184 valence electrons. The number of carbonyl (C=O) groups excluding carboxylic acids is 1. The summed E-state index contributed by atoms with van der Waals surface area (Å²) >= 11 is 0. The van der Waals surface area contributed by atoms with Crippen LogP contribution in [0.4, 0.5) is 0 Å². The molecule has 2 aromatic carbocycles. The maximum Gasteiger partial charge on any atom is 0.305 e. The molecule has 4 rings (SSSR count). The minimum atomic E-state index is -0.154. The number of rotatable bonds is 5. The van der Waals surface area contributed by atoms with Gasteiger partial charge in [0.05, 0.1) is 13.7 Å². The Morgan fingerprint density at radius 1 is 1.09 bits per heavy atom. The first-order valence-corrected chi connectivity index (χ1v) is 11.9. The highest BCUT2D eigenvalue weighted by Gasteiger charge is 2.25. The van der Waals surface area contributed by atoms with E-state index in [-0.39, 0.29) is 18.7 Å². The van der Waals surface area contributed by atoms with Crippen molar-refractivity contribution < 1.29 is 19.4 Å². The number of methoxy groups -OCH3 is 1. The number of allylic oxidation sites excluding steroid dienone is 5. The SMILES string of the molecule is CC#CC.CC1=CC=C(C2Cc3cc(CO)ccc3O2)CC=C1.COC(=O)CCc1ccccc1. The van der Waals surface area contributed by atoms with Crippen LogP contribution in [0, 0.1) is 11.8 Å². The maximum absolute atomic E-state index is 10.8. The van der Waals surface area contributed by atoms with Crippen LogP contribution in [-0.4, -0.2) is 24.3 Å². The summed E-state index contributed by atoms with van der Waals surface area (Å²) < 4.78 is 10.6. The number of ether oxygens (including phenoxy) is 2. The summed E-state index contributed by atoms with van der Waals surface area (Å²) in [4.78, 5) is 10.8. The molecule has 1 aliphatic carbocycles. The molecule has 0 saturated heterocycles. The van der Waals surface area contributed by atoms with Crippen LogP contribution in [0.1, 0.15) is 50.3 Å². The first kappa shape index (κ1) is 27.7. The molecule has 0 aromatic heterocycles. The van der Waals surface area contributed by atoms with Crippen molar-refractivity contribution in [3.8, 4) is 17.6 Å². The Labute approximate surface area is 210 Å². The second kappa shape index (κ2) is 15.4. The predicted molar refractivity (Wildman–Crippen MR) is 142 cm³/mol. The lowest BCUT2D eigenvalue weighted by Gasteiger charge is -2.13. The molecular weight excluding hydrogens is 436 g/mol. The van der Waals surface area contributed by atoms with Crippen LogP contribution >= 0.6 is 0 Å². The van der Waals surface area contributed by atoms with Crippen molar-refractivity contribution in [2.75, 3.05) is 7.11 Å². The monoisotopic (exact) mass is 472 g/mol. The molecule has 0 amide bonds. The topological polar surface area (TPSA) is 55.8 Å². The van der Waals surface area contributed by atoms with Gasteiger partial charge in [-0.15, -0.1) is 11.8 Å². The van der Waals surface area contributed by atoms with Crippen molar-refractivity contribution in [3.05, 3.63) is 101 Å². The molecule has 4 heteroatoms. The van der Waals surface area contributed by atoms with E-state index >= 15 is 0 Å². The first-order valence-electron chi connectivity index (χ1n) is 11.9. The van der Waals surface area contributed by atoms with Crippen molar-refractivity contribution in [2.24, 2.45) is 0 Å². The van der Waals surface area contributed by atoms with Gasteiger partial charge in [-0.3, -0.25) is 4.79 Å². The van der Waals surface area contributed by atoms with Crippen LogP contribution in [0.15, 0.2) is 84.0 Å². The van der Waals surface area contributed by atoms with Crippen molar-refractivity contribution >= 4 is 5.97 Å². The molecule has 35 heavy (non-hydrogen) atoms. The number of hydrogen-bond acceptors (Lipinski definition) is 4. The van der Waals surface area contributed by atoms with Gasteiger partial charge in [-0.2, -0.15) is 0 Å². The molecule has 2 aliphatic rings. The quantitative estimate of drug-likeness (QED) is 0.420. The second-order valence-corrected chi connectivity index (χ2v) is 8.23. The number of aliphatic hydroxyl groups excluding tert-OH is 1. The number of hydrogen-bond donors (Lipinski definition) is 1. The third-order valence-corrected chi connectivity index (χ3v) is 5.63. The van der Waals surface area contributed by atoms with Crippen LogP contribution in [0.3, 0.4) is 0 Å². The molecular formula is C31H36O4. The Bertz CT molecular complexity index is 1090. The minimum absolute atomic E-state index is 0.0886. The smallest absolute Gasteiger partial charge is 0.305 e. The molecule has 1 heterocycles. The fraction of sp³-hybridized carbons (Fsp3) is 0.323. The van der Waals surface area contributed by atoms with Gasteiger partial charge in [0.1, 0.15) is 11.9 Å². The molecule has 1 aliphatic heterocycles. The normalized spacial score (nSPS) is 15.2. The van der Waals surface area contributed by atoms with Crippen LogP contribution in [-0.2, 0) is 29.0 Å². The van der Waals surface area contributed by atoms with Gasteiger partial charge in [0.2, 0.25) is 0 Å². The van der Waals surface area contributed by atoms with E-state index in [0.717, 1.165) is 30.6 Å². The van der Waals surface area contributed by atoms with Gasteiger partial charge >= 0.3 is 5.97 Å². The van der Waals surface area contributed by atoms with E-state index in [0.29, 0.717) is 6.42 Å². The van der Waals surface area contributed by atoms with Crippen LogP contribution in [0.25, 0.3) is 0 Å². The molecule has 0 radical (unpaired) electrons. The summed E-state index contributed by atoms with van der Waals surface area (Å²) in [5.74, 6) is 6.16. The van der Waals surface area contributed by atoms with Crippen LogP contribution in [0.5, 0.6) is 5.75 Å². The maximum atomic E-state index is 10.8. The van der Waals surface area contributed by atoms with Gasteiger partial charge in [0, 0.05) is 12.8 Å². The van der Waals surface area contributed by atoms with E-state index in [1.54, 1.807) is 0 Å². The zero-order valence-electron chi connectivity index (χ0n) is 21.2. The summed E-state index contributed by atoms with van der Waals surface area (Å²) in [6, 6.07) is 15.8. The summed E-state index contributed by atoms with van der Waals surface area (Å²) in [5, 5.41) is 9.18. The molecule has 0 spiro atoms. The van der Waals surface area contributed by atoms with Crippen molar-refractivity contribution in [1.82, 2.24) is 0 Å². The van der Waals surface area contributed by atoms with Gasteiger partial charge in [-0.05, 0) is 68.0 Å². The summed E-state index contributed by atoms with van der Waals surface area (Å²) in [5.41, 5.74) is 5.91. The number of aryl methyl sites for hydroxylation is 1. The highest BCUT2D eigenvalue weighted by atomic mass is 16.5. The molecule has 4 nitrogen and oxygen atoms in total. The number of esters is 1. The largest absolute Gasteiger partial charge is 0.485 e. The lowest BCUT2D eigenvalue weighted by Crippen LogP contribution is -2.15. The fourth-order valence-electron chi connectivity index (χ4n) is 3.58. The average Bonchev–Trinajstić information content (AvgIpc) is 3.21. The minimum Gasteiger partial charge on any atom is -0.485 e. The fourth-order valence-corrected chi connectivity index (χ4v) is 3.58. The van der Waals surface area contributed by atoms with E-state index in [4.69, 9.17) is 4.74 Å². The van der Waals surface area contributed by atoms with Gasteiger partial charge in [0.15, 0.2) is 0 Å². The zero-order chi connectivity index (χ0) is 25.5. The van der Waals surface area contributed by atoms with Crippen molar-refractivity contribution in [3.63, 3.8) is 0 Å². The Morgan fingerprint density at radius 3 is 2.49 bits per heavy atom. The van der Waals surface area contributed by atoms with E-state index in [1.165, 1.54) is 29.4 Å². The molecule has 1 N–H and O–H groups in total. The lowest BCUT2D eigenvalue weighted by atomic mass is 10.00. The Kier molecular flexibility index (Phi) is 12.2. The van der Waals surface area contributed by atoms with E-state index < -0.39 is 0 Å². The van der Waals surface area contributed by atoms with Crippen LogP contribution < -0.4 is 4.74 Å². The van der Waals surface area contributed by atoms with E-state index in [2.05, 4.69) is 47.8 Å². The number of carbonyl (C=O) groups is 1. The standard InChI is InChI=1S/C17H18O2.C10H12O2.C4H6/c1-12-3-2-4-14(7-5-12)17-10-15-9-13(11-18)6-8-16(15)19-17;1-12-10(11)8-7-9-5-3-2-4-6-9;1-3-4-2/h2-3,5-9,17-18H,4,10-11H2,1H3;2-6H,7-8H2,1H3;1-2H3. The van der Waals surface area contributed by atoms with E-state index in [1.807, 2.05) is 62.4 Å². The summed E-state index contributed by atoms with van der Waals surface area (Å²) in [6.07, 6.45) is 11.9. The number of benzene rings is 2. The first-order chi connectivity index (χ1) is 17.0. The summed E-state index contributed by atoms with van der Waals surface area (Å²) in [7, 11) is 1.41. The molecule has 1 unspecified atom stereocenters. The molecule has 1 atom stereocenters. The van der Waals surface area contributed by atoms with Gasteiger partial charge < -0.3 is 14.6 Å². The van der Waals surface area contributed by atoms with E-state index in [9.17, 15) is 9.90 Å². The summed E-state index contributed by atoms with van der Waals surface area (Å²) in [6.45, 7) is 5.83. The number of aliphatic hydroxyl groups is 1. The number of fused-ring (bicyclic) bond motifs is 1. The third-order valence-electron chi connectivity index (χ3n) is 5.63. The Balaban J connectivity index is 0.000000232. The lowest BCUT2D eigenvalue weighted by molar-refractivity contribution is -0.140. The zero-order valence-corrected chi connectivity index (χ0v) is 21.2. The van der Waals surface area contributed by atoms with Gasteiger partial charge in [0.25, 0.3) is 0 Å². The van der Waals surface area contributed by atoms with Crippen molar-refractivity contribution in [1.29, 1.82) is 0 Å². The molecule has 2 aromatic rings. The Hall–Kier alpha value is -3.55. The van der Waals surface area contributed by atoms with Gasteiger partial charge in [-0.25, -0.2) is 0 Å². The highest BCUT2D eigenvalue weighted by molar-refractivity contribution is 5.69. The van der Waals surface area contributed by atoms with Gasteiger partial charge in [-0.1, -0.05) is 66.3 Å². The third kappa shape index (κ3) is 9.68. The Morgan fingerprint density at radius 2 is 1.83 bits per heavy atom. The predicted octanol–water partition coefficient (Wildman–Crippen LogP) is 6.14. The molecule has 0 saturated carbocycles. The van der Waals surface area contributed by atoms with Crippen molar-refractivity contribution in [2.45, 2.75) is 59.2 Å². The molecule has 0 fully saturated rings. The average molecular weight is 473 g/mol. The van der Waals surface area contributed by atoms with Crippen LogP contribution in [0.2, 0.25) is 0 Å².